The lowest BCUT2D eigenvalue weighted by atomic mass is 9.77. The molecule has 6 rings (SSSR count). The van der Waals surface area contributed by atoms with Crippen molar-refractivity contribution in [2.45, 2.75) is 76.2 Å². The maximum atomic E-state index is 13.5. The van der Waals surface area contributed by atoms with Crippen LogP contribution in [0.4, 0.5) is 43.7 Å². The van der Waals surface area contributed by atoms with Crippen LogP contribution in [0.5, 0.6) is 0 Å². The quantitative estimate of drug-likeness (QED) is 0.262. The van der Waals surface area contributed by atoms with Gasteiger partial charge >= 0.3 is 12.4 Å². The van der Waals surface area contributed by atoms with Gasteiger partial charge in [0.2, 0.25) is 5.95 Å². The number of halogens is 6. The molecule has 2 heterocycles. The van der Waals surface area contributed by atoms with Crippen molar-refractivity contribution in [1.82, 2.24) is 14.9 Å². The number of hydrogen-bond donors (Lipinski definition) is 2. The number of nitrogens with one attached hydrogen (secondary N) is 2. The molecule has 0 amide bonds. The minimum absolute atomic E-state index is 0.0423. The molecule has 1 unspecified atom stereocenters. The summed E-state index contributed by atoms with van der Waals surface area (Å²) in [6.45, 7) is 2.13. The molecule has 1 saturated carbocycles. The fraction of sp³-hybridized carbons (Fsp3) is 0.486. The van der Waals surface area contributed by atoms with Crippen molar-refractivity contribution in [2.24, 2.45) is 11.8 Å². The first-order chi connectivity index (χ1) is 21.9. The van der Waals surface area contributed by atoms with Crippen LogP contribution in [-0.4, -0.2) is 41.0 Å². The van der Waals surface area contributed by atoms with E-state index in [-0.39, 0.29) is 17.7 Å². The molecule has 11 heteroatoms. The third kappa shape index (κ3) is 7.67. The molecule has 246 valence electrons. The van der Waals surface area contributed by atoms with Crippen LogP contribution in [0.1, 0.15) is 79.3 Å². The van der Waals surface area contributed by atoms with E-state index in [4.69, 9.17) is 0 Å². The zero-order valence-electron chi connectivity index (χ0n) is 25.8. The monoisotopic (exact) mass is 643 g/mol. The lowest BCUT2D eigenvalue weighted by Crippen LogP contribution is -2.36. The summed E-state index contributed by atoms with van der Waals surface area (Å²) in [5.41, 5.74) is 1.49. The predicted molar refractivity (Wildman–Crippen MR) is 168 cm³/mol. The summed E-state index contributed by atoms with van der Waals surface area (Å²) in [6.07, 6.45) is 3.75. The Balaban J connectivity index is 1.30. The van der Waals surface area contributed by atoms with Gasteiger partial charge in [-0.3, -0.25) is 0 Å². The Bertz CT molecular complexity index is 1500. The van der Waals surface area contributed by atoms with E-state index < -0.39 is 23.5 Å². The Morgan fingerprint density at radius 1 is 0.783 bits per heavy atom. The molecule has 1 aromatic heterocycles. The summed E-state index contributed by atoms with van der Waals surface area (Å²) < 4.78 is 80.7. The zero-order valence-corrected chi connectivity index (χ0v) is 25.8. The summed E-state index contributed by atoms with van der Waals surface area (Å²) in [4.78, 5) is 11.4. The highest BCUT2D eigenvalue weighted by Crippen LogP contribution is 2.41. The van der Waals surface area contributed by atoms with Gasteiger partial charge in [-0.2, -0.15) is 26.3 Å². The van der Waals surface area contributed by atoms with E-state index in [0.717, 1.165) is 60.4 Å². The molecule has 2 aliphatic carbocycles. The van der Waals surface area contributed by atoms with E-state index in [1.807, 2.05) is 0 Å². The van der Waals surface area contributed by atoms with Gasteiger partial charge in [0, 0.05) is 29.2 Å². The van der Waals surface area contributed by atoms with Crippen molar-refractivity contribution < 1.29 is 26.3 Å². The van der Waals surface area contributed by atoms with Gasteiger partial charge in [0.1, 0.15) is 0 Å². The molecular formula is C35H39F6N5. The smallest absolute Gasteiger partial charge is 0.382 e. The van der Waals surface area contributed by atoms with Crippen LogP contribution in [-0.2, 0) is 18.8 Å². The Kier molecular flexibility index (Phi) is 9.32. The molecule has 2 N–H and O–H groups in total. The number of hydrogen-bond acceptors (Lipinski definition) is 5. The van der Waals surface area contributed by atoms with Gasteiger partial charge in [-0.25, -0.2) is 9.97 Å². The average molecular weight is 644 g/mol. The number of allylic oxidation sites excluding steroid dienone is 1. The number of anilines is 3. The largest absolute Gasteiger partial charge is 0.416 e. The lowest BCUT2D eigenvalue weighted by Gasteiger charge is -2.30. The molecule has 3 aromatic rings. The molecule has 3 aliphatic rings. The predicted octanol–water partition coefficient (Wildman–Crippen LogP) is 9.34. The van der Waals surface area contributed by atoms with Gasteiger partial charge < -0.3 is 15.5 Å². The number of rotatable bonds is 6. The summed E-state index contributed by atoms with van der Waals surface area (Å²) in [6, 6.07) is 10.2. The molecule has 1 saturated heterocycles. The number of aromatic nitrogens is 2. The number of likely N-dealkylation sites (tertiary alicyclic amines) is 1. The summed E-state index contributed by atoms with van der Waals surface area (Å²) in [5, 5.41) is 6.29. The number of benzene rings is 2. The topological polar surface area (TPSA) is 53.1 Å². The third-order valence-electron chi connectivity index (χ3n) is 9.64. The summed E-state index contributed by atoms with van der Waals surface area (Å²) in [7, 11) is 2.14. The highest BCUT2D eigenvalue weighted by Gasteiger charge is 2.37. The van der Waals surface area contributed by atoms with Crippen LogP contribution in [0.3, 0.4) is 0 Å². The lowest BCUT2D eigenvalue weighted by molar-refractivity contribution is -0.143. The Morgan fingerprint density at radius 2 is 1.43 bits per heavy atom. The van der Waals surface area contributed by atoms with Gasteiger partial charge in [0.25, 0.3) is 0 Å². The van der Waals surface area contributed by atoms with Crippen LogP contribution in [0.15, 0.2) is 54.7 Å². The van der Waals surface area contributed by atoms with E-state index in [1.165, 1.54) is 32.1 Å². The average Bonchev–Trinajstić information content (AvgIpc) is 3.22. The normalized spacial score (nSPS) is 20.5. The molecule has 0 radical (unpaired) electrons. The minimum atomic E-state index is -4.95. The molecule has 46 heavy (non-hydrogen) atoms. The minimum Gasteiger partial charge on any atom is -0.382 e. The number of nitrogens with zero attached hydrogens (tertiary/aromatic N) is 3. The van der Waals surface area contributed by atoms with Gasteiger partial charge in [-0.1, -0.05) is 37.5 Å². The van der Waals surface area contributed by atoms with Crippen molar-refractivity contribution in [3.63, 3.8) is 0 Å². The van der Waals surface area contributed by atoms with Crippen molar-refractivity contribution in [1.29, 1.82) is 0 Å². The molecule has 2 aromatic carbocycles. The van der Waals surface area contributed by atoms with Crippen LogP contribution in [0, 0.1) is 11.8 Å². The van der Waals surface area contributed by atoms with Crippen molar-refractivity contribution in [3.8, 4) is 0 Å². The van der Waals surface area contributed by atoms with E-state index in [2.05, 4.69) is 62.9 Å². The van der Waals surface area contributed by atoms with E-state index in [9.17, 15) is 26.3 Å². The van der Waals surface area contributed by atoms with Crippen LogP contribution >= 0.6 is 0 Å². The van der Waals surface area contributed by atoms with Crippen LogP contribution in [0.25, 0.3) is 5.57 Å². The Morgan fingerprint density at radius 3 is 2.07 bits per heavy atom. The van der Waals surface area contributed by atoms with Crippen LogP contribution in [0.2, 0.25) is 0 Å². The molecule has 0 bridgehead atoms. The molecule has 1 atom stereocenters. The molecule has 2 fully saturated rings. The zero-order chi connectivity index (χ0) is 32.5. The summed E-state index contributed by atoms with van der Waals surface area (Å²) >= 11 is 0. The Hall–Kier alpha value is -3.60. The fourth-order valence-electron chi connectivity index (χ4n) is 7.06. The van der Waals surface area contributed by atoms with Gasteiger partial charge in [-0.15, -0.1) is 0 Å². The van der Waals surface area contributed by atoms with Crippen molar-refractivity contribution in [2.75, 3.05) is 30.8 Å². The first-order valence-electron chi connectivity index (χ1n) is 16.1. The standard InChI is InChI=1S/C35H39F6N5/c1-46-15-13-28(14-16-46)43-27-10-7-23(8-11-27)30-17-24(22-5-3-2-4-6-22)9-12-32-31(30)21-42-33(45-32)44-29-19-25(34(36,37)38)18-26(20-29)35(39,40)41/h7-8,10-11,17-22,24,28,43H,2-6,9,12-16H2,1H3,(H,42,44,45). The maximum absolute atomic E-state index is 13.5. The van der Waals surface area contributed by atoms with Crippen molar-refractivity contribution >= 4 is 22.9 Å². The first-order valence-corrected chi connectivity index (χ1v) is 16.1. The number of aryl methyl sites for hydroxylation is 1. The molecular weight excluding hydrogens is 604 g/mol. The first kappa shape index (κ1) is 32.3. The fourth-order valence-corrected chi connectivity index (χ4v) is 7.06. The van der Waals surface area contributed by atoms with Crippen LogP contribution < -0.4 is 10.6 Å². The Labute approximate surface area is 265 Å². The second-order valence-electron chi connectivity index (χ2n) is 13.0. The van der Waals surface area contributed by atoms with E-state index in [0.29, 0.717) is 36.4 Å². The highest BCUT2D eigenvalue weighted by atomic mass is 19.4. The van der Waals surface area contributed by atoms with E-state index >= 15 is 0 Å². The SMILES string of the molecule is CN1CCC(Nc2ccc(C3=CC(C4CCCCC4)CCc4nc(Nc5cc(C(F)(F)F)cc(C(F)(F)F)c5)ncc43)cc2)CC1. The van der Waals surface area contributed by atoms with Gasteiger partial charge in [0.15, 0.2) is 0 Å². The van der Waals surface area contributed by atoms with Crippen molar-refractivity contribution in [3.05, 3.63) is 82.7 Å². The maximum Gasteiger partial charge on any atom is 0.416 e. The van der Waals surface area contributed by atoms with Gasteiger partial charge in [0.05, 0.1) is 16.8 Å². The molecule has 5 nitrogen and oxygen atoms in total. The van der Waals surface area contributed by atoms with Gasteiger partial charge in [-0.05, 0) is 112 Å². The van der Waals surface area contributed by atoms with E-state index in [1.54, 1.807) is 6.20 Å². The second kappa shape index (κ2) is 13.3. The second-order valence-corrected chi connectivity index (χ2v) is 13.0. The number of alkyl halides is 6. The molecule has 1 aliphatic heterocycles. The summed E-state index contributed by atoms with van der Waals surface area (Å²) in [5.74, 6) is 0.843. The number of fused-ring (bicyclic) bond motifs is 1. The highest BCUT2D eigenvalue weighted by molar-refractivity contribution is 5.82. The third-order valence-corrected chi connectivity index (χ3v) is 9.64. The molecule has 0 spiro atoms. The number of piperidine rings is 1.